The van der Waals surface area contributed by atoms with Crippen molar-refractivity contribution >= 4 is 11.6 Å². The molecule has 4 heteroatoms. The topological polar surface area (TPSA) is 74.6 Å². The van der Waals surface area contributed by atoms with Crippen LogP contribution in [0, 0.1) is 34.5 Å². The van der Waals surface area contributed by atoms with Crippen molar-refractivity contribution in [3.63, 3.8) is 0 Å². The van der Waals surface area contributed by atoms with Gasteiger partial charge in [0, 0.05) is 12.3 Å². The number of carbonyl (C=O) groups excluding carboxylic acids is 2. The van der Waals surface area contributed by atoms with Gasteiger partial charge in [0.05, 0.1) is 6.10 Å². The predicted molar refractivity (Wildman–Crippen MR) is 98.3 cm³/mol. The summed E-state index contributed by atoms with van der Waals surface area (Å²) < 4.78 is 0. The number of ketones is 2. The number of carbonyl (C=O) groups is 2. The zero-order valence-corrected chi connectivity index (χ0v) is 16.0. The molecule has 0 radical (unpaired) electrons. The molecule has 0 saturated heterocycles. The van der Waals surface area contributed by atoms with Crippen LogP contribution in [-0.4, -0.2) is 34.5 Å². The fourth-order valence-corrected chi connectivity index (χ4v) is 7.52. The molecule has 0 amide bonds. The molecular formula is C22H32O4. The Hall–Kier alpha value is -1.00. The summed E-state index contributed by atoms with van der Waals surface area (Å²) in [4.78, 5) is 24.4. The minimum absolute atomic E-state index is 0.0475. The van der Waals surface area contributed by atoms with Crippen LogP contribution in [0.5, 0.6) is 0 Å². The average Bonchev–Trinajstić information content (AvgIpc) is 2.60. The van der Waals surface area contributed by atoms with E-state index in [0.717, 1.165) is 38.5 Å². The van der Waals surface area contributed by atoms with Crippen molar-refractivity contribution < 1.29 is 19.8 Å². The van der Waals surface area contributed by atoms with Crippen molar-refractivity contribution in [1.82, 2.24) is 0 Å². The predicted octanol–water partition coefficient (Wildman–Crippen LogP) is 3.06. The third kappa shape index (κ3) is 2.48. The molecule has 0 aromatic rings. The molecule has 0 spiro atoms. The van der Waals surface area contributed by atoms with Gasteiger partial charge in [0.1, 0.15) is 6.61 Å². The number of Topliss-reactive ketones (excluding diaryl/α,β-unsaturated/α-hetero) is 1. The molecule has 2 N–H and O–H groups in total. The molecule has 144 valence electrons. The van der Waals surface area contributed by atoms with Gasteiger partial charge in [-0.3, -0.25) is 9.59 Å². The second kappa shape index (κ2) is 6.27. The van der Waals surface area contributed by atoms with Crippen molar-refractivity contribution in [2.75, 3.05) is 6.61 Å². The zero-order chi connectivity index (χ0) is 18.7. The Morgan fingerprint density at radius 3 is 2.73 bits per heavy atom. The lowest BCUT2D eigenvalue weighted by Gasteiger charge is -2.63. The molecule has 4 aliphatic carbocycles. The number of hydrogen-bond acceptors (Lipinski definition) is 4. The van der Waals surface area contributed by atoms with Crippen LogP contribution in [0.4, 0.5) is 0 Å². The third-order valence-corrected chi connectivity index (χ3v) is 8.68. The maximum atomic E-state index is 12.4. The molecule has 0 bridgehead atoms. The lowest BCUT2D eigenvalue weighted by atomic mass is 9.42. The average molecular weight is 360 g/mol. The standard InChI is InChI=1S/C22H32O4/c1-21-9-8-14(24)10-13(21)6-7-15-16-4-3-5-17(19(26)12-23)22(16,2)11-18(25)20(15)21/h10,15-18,20,23,25H,3-9,11-12H2,1-2H3/t15?,16?,17-,18+,20?,21+,22+/m1/s1. The van der Waals surface area contributed by atoms with E-state index in [1.54, 1.807) is 0 Å². The highest BCUT2D eigenvalue weighted by Gasteiger charge is 2.61. The smallest absolute Gasteiger partial charge is 0.161 e. The van der Waals surface area contributed by atoms with Crippen molar-refractivity contribution in [2.24, 2.45) is 34.5 Å². The number of aliphatic hydroxyl groups is 2. The zero-order valence-electron chi connectivity index (χ0n) is 16.0. The first-order valence-corrected chi connectivity index (χ1v) is 10.4. The Labute approximate surface area is 156 Å². The lowest BCUT2D eigenvalue weighted by Crippen LogP contribution is -2.60. The molecule has 4 aliphatic rings. The molecule has 0 aromatic carbocycles. The van der Waals surface area contributed by atoms with Crippen LogP contribution in [-0.2, 0) is 9.59 Å². The maximum absolute atomic E-state index is 12.4. The van der Waals surface area contributed by atoms with Gasteiger partial charge in [-0.25, -0.2) is 0 Å². The molecule has 7 atom stereocenters. The van der Waals surface area contributed by atoms with Crippen molar-refractivity contribution in [1.29, 1.82) is 0 Å². The van der Waals surface area contributed by atoms with Crippen LogP contribution in [0.25, 0.3) is 0 Å². The summed E-state index contributed by atoms with van der Waals surface area (Å²) in [6.45, 7) is 4.06. The summed E-state index contributed by atoms with van der Waals surface area (Å²) in [6, 6.07) is 0. The number of aliphatic hydroxyl groups excluding tert-OH is 2. The molecular weight excluding hydrogens is 328 g/mol. The van der Waals surface area contributed by atoms with E-state index in [1.165, 1.54) is 5.57 Å². The number of hydrogen-bond donors (Lipinski definition) is 2. The number of allylic oxidation sites excluding steroid dienone is 2. The molecule has 0 heterocycles. The van der Waals surface area contributed by atoms with Crippen LogP contribution in [0.2, 0.25) is 0 Å². The summed E-state index contributed by atoms with van der Waals surface area (Å²) in [5, 5.41) is 20.7. The van der Waals surface area contributed by atoms with E-state index in [2.05, 4.69) is 13.8 Å². The van der Waals surface area contributed by atoms with Gasteiger partial charge in [-0.1, -0.05) is 25.8 Å². The monoisotopic (exact) mass is 360 g/mol. The molecule has 4 nitrogen and oxygen atoms in total. The second-order valence-corrected chi connectivity index (χ2v) is 9.77. The Bertz CT molecular complexity index is 653. The molecule has 3 fully saturated rings. The van der Waals surface area contributed by atoms with Crippen LogP contribution < -0.4 is 0 Å². The highest BCUT2D eigenvalue weighted by atomic mass is 16.3. The summed E-state index contributed by atoms with van der Waals surface area (Å²) in [7, 11) is 0. The minimum Gasteiger partial charge on any atom is -0.393 e. The normalized spacial score (nSPS) is 48.1. The quantitative estimate of drug-likeness (QED) is 0.794. The fourth-order valence-electron chi connectivity index (χ4n) is 7.52. The van der Waals surface area contributed by atoms with E-state index in [0.29, 0.717) is 24.7 Å². The molecule has 0 aromatic heterocycles. The molecule has 3 unspecified atom stereocenters. The van der Waals surface area contributed by atoms with Gasteiger partial charge in [-0.15, -0.1) is 0 Å². The van der Waals surface area contributed by atoms with E-state index in [4.69, 9.17) is 0 Å². The van der Waals surface area contributed by atoms with E-state index in [9.17, 15) is 19.8 Å². The van der Waals surface area contributed by atoms with Crippen LogP contribution in [0.3, 0.4) is 0 Å². The fraction of sp³-hybridized carbons (Fsp3) is 0.818. The Morgan fingerprint density at radius 2 is 2.00 bits per heavy atom. The first kappa shape index (κ1) is 18.4. The van der Waals surface area contributed by atoms with E-state index in [1.807, 2.05) is 6.08 Å². The molecule has 0 aliphatic heterocycles. The minimum atomic E-state index is -0.435. The Kier molecular flexibility index (Phi) is 4.43. The summed E-state index contributed by atoms with van der Waals surface area (Å²) in [5.41, 5.74) is 0.961. The molecule has 4 rings (SSSR count). The van der Waals surface area contributed by atoms with E-state index < -0.39 is 6.10 Å². The van der Waals surface area contributed by atoms with Gasteiger partial charge >= 0.3 is 0 Å². The highest BCUT2D eigenvalue weighted by Crippen LogP contribution is 2.65. The van der Waals surface area contributed by atoms with E-state index in [-0.39, 0.29) is 40.8 Å². The van der Waals surface area contributed by atoms with Crippen molar-refractivity contribution in [3.8, 4) is 0 Å². The lowest BCUT2D eigenvalue weighted by molar-refractivity contribution is -0.169. The third-order valence-electron chi connectivity index (χ3n) is 8.68. The van der Waals surface area contributed by atoms with Gasteiger partial charge in [-0.05, 0) is 73.2 Å². The first-order chi connectivity index (χ1) is 12.3. The van der Waals surface area contributed by atoms with Crippen molar-refractivity contribution in [3.05, 3.63) is 11.6 Å². The van der Waals surface area contributed by atoms with Crippen LogP contribution >= 0.6 is 0 Å². The molecule has 26 heavy (non-hydrogen) atoms. The largest absolute Gasteiger partial charge is 0.393 e. The number of rotatable bonds is 2. The summed E-state index contributed by atoms with van der Waals surface area (Å²) >= 11 is 0. The van der Waals surface area contributed by atoms with Gasteiger partial charge in [0.25, 0.3) is 0 Å². The Balaban J connectivity index is 1.71. The van der Waals surface area contributed by atoms with Crippen molar-refractivity contribution in [2.45, 2.75) is 71.3 Å². The maximum Gasteiger partial charge on any atom is 0.161 e. The van der Waals surface area contributed by atoms with Gasteiger partial charge in [-0.2, -0.15) is 0 Å². The van der Waals surface area contributed by atoms with Gasteiger partial charge in [0.15, 0.2) is 11.6 Å². The Morgan fingerprint density at radius 1 is 1.23 bits per heavy atom. The first-order valence-electron chi connectivity index (χ1n) is 10.4. The SMILES string of the molecule is C[C@]12CCC(=O)C=C1CCC1C2[C@@H](O)C[C@@]2(C)C1CCC[C@@H]2C(=O)CO. The van der Waals surface area contributed by atoms with Gasteiger partial charge < -0.3 is 10.2 Å². The summed E-state index contributed by atoms with van der Waals surface area (Å²) in [6.07, 6.45) is 8.45. The summed E-state index contributed by atoms with van der Waals surface area (Å²) in [5.74, 6) is 1.09. The van der Waals surface area contributed by atoms with E-state index >= 15 is 0 Å². The van der Waals surface area contributed by atoms with Crippen LogP contribution in [0.1, 0.15) is 65.2 Å². The second-order valence-electron chi connectivity index (χ2n) is 9.77. The number of fused-ring (bicyclic) bond motifs is 5. The van der Waals surface area contributed by atoms with Crippen LogP contribution in [0.15, 0.2) is 11.6 Å². The molecule has 3 saturated carbocycles. The highest BCUT2D eigenvalue weighted by molar-refractivity contribution is 5.91. The van der Waals surface area contributed by atoms with Gasteiger partial charge in [0.2, 0.25) is 0 Å².